The third-order valence-corrected chi connectivity index (χ3v) is 5.17. The Morgan fingerprint density at radius 2 is 2.15 bits per heavy atom. The van der Waals surface area contributed by atoms with Crippen LogP contribution in [0.25, 0.3) is 0 Å². The molecule has 0 radical (unpaired) electrons. The largest absolute Gasteiger partial charge is 0.378 e. The van der Waals surface area contributed by atoms with Gasteiger partial charge in [-0.25, -0.2) is 13.4 Å². The van der Waals surface area contributed by atoms with Crippen molar-refractivity contribution in [3.8, 4) is 0 Å². The molecule has 1 aliphatic rings. The monoisotopic (exact) mass is 302 g/mol. The fourth-order valence-electron chi connectivity index (χ4n) is 2.23. The molecule has 1 aliphatic heterocycles. The summed E-state index contributed by atoms with van der Waals surface area (Å²) in [7, 11) is -1.71. The second-order valence-corrected chi connectivity index (χ2v) is 6.88. The third kappa shape index (κ3) is 3.57. The van der Waals surface area contributed by atoms with E-state index >= 15 is 0 Å². The summed E-state index contributed by atoms with van der Waals surface area (Å²) in [6.45, 7) is 2.22. The summed E-state index contributed by atoms with van der Waals surface area (Å²) < 4.78 is 33.5. The number of aromatic nitrogens is 2. The highest BCUT2D eigenvalue weighted by atomic mass is 32.2. The van der Waals surface area contributed by atoms with Crippen LogP contribution < -0.4 is 5.73 Å². The maximum absolute atomic E-state index is 12.4. The average Bonchev–Trinajstić information content (AvgIpc) is 2.87. The zero-order valence-electron chi connectivity index (χ0n) is 11.7. The Kier molecular flexibility index (Phi) is 5.14. The van der Waals surface area contributed by atoms with Gasteiger partial charge in [-0.3, -0.25) is 0 Å². The molecule has 0 spiro atoms. The lowest BCUT2D eigenvalue weighted by atomic mass is 10.1. The Balaban J connectivity index is 1.90. The second-order valence-electron chi connectivity index (χ2n) is 4.99. The van der Waals surface area contributed by atoms with Crippen molar-refractivity contribution >= 4 is 10.0 Å². The molecular weight excluding hydrogens is 280 g/mol. The van der Waals surface area contributed by atoms with E-state index in [0.29, 0.717) is 26.2 Å². The van der Waals surface area contributed by atoms with Crippen molar-refractivity contribution in [2.24, 2.45) is 12.8 Å². The minimum Gasteiger partial charge on any atom is -0.378 e. The van der Waals surface area contributed by atoms with Crippen LogP contribution in [0.1, 0.15) is 19.3 Å². The van der Waals surface area contributed by atoms with E-state index in [-0.39, 0.29) is 11.1 Å². The smallest absolute Gasteiger partial charge is 0.262 e. The predicted molar refractivity (Wildman–Crippen MR) is 74.6 cm³/mol. The van der Waals surface area contributed by atoms with Crippen LogP contribution in [0.4, 0.5) is 0 Å². The quantitative estimate of drug-likeness (QED) is 0.743. The van der Waals surface area contributed by atoms with E-state index in [1.807, 2.05) is 0 Å². The third-order valence-electron chi connectivity index (χ3n) is 3.39. The number of aryl methyl sites for hydroxylation is 1. The molecule has 114 valence electrons. The van der Waals surface area contributed by atoms with Gasteiger partial charge in [-0.1, -0.05) is 0 Å². The number of ether oxygens (including phenoxy) is 1. The summed E-state index contributed by atoms with van der Waals surface area (Å²) in [5.74, 6) is 0. The molecule has 0 aromatic carbocycles. The molecule has 1 aromatic heterocycles. The molecule has 1 aromatic rings. The Morgan fingerprint density at radius 1 is 1.45 bits per heavy atom. The van der Waals surface area contributed by atoms with Gasteiger partial charge < -0.3 is 15.0 Å². The average molecular weight is 302 g/mol. The van der Waals surface area contributed by atoms with Crippen LogP contribution in [0.5, 0.6) is 0 Å². The van der Waals surface area contributed by atoms with Crippen LogP contribution in [-0.2, 0) is 21.8 Å². The highest BCUT2D eigenvalue weighted by Gasteiger charge is 2.31. The summed E-state index contributed by atoms with van der Waals surface area (Å²) >= 11 is 0. The lowest BCUT2D eigenvalue weighted by molar-refractivity contribution is 0.0208. The number of nitrogens with zero attached hydrogens (tertiary/aromatic N) is 3. The highest BCUT2D eigenvalue weighted by Crippen LogP contribution is 2.20. The van der Waals surface area contributed by atoms with Crippen molar-refractivity contribution in [1.29, 1.82) is 0 Å². The van der Waals surface area contributed by atoms with Gasteiger partial charge in [0, 0.05) is 32.9 Å². The predicted octanol–water partition coefficient (Wildman–Crippen LogP) is -0.0614. The van der Waals surface area contributed by atoms with E-state index in [4.69, 9.17) is 10.5 Å². The summed E-state index contributed by atoms with van der Waals surface area (Å²) in [6.07, 6.45) is 5.44. The summed E-state index contributed by atoms with van der Waals surface area (Å²) in [5.41, 5.74) is 5.41. The van der Waals surface area contributed by atoms with Gasteiger partial charge in [0.05, 0.1) is 12.4 Å². The molecule has 7 nitrogen and oxygen atoms in total. The van der Waals surface area contributed by atoms with Crippen LogP contribution >= 0.6 is 0 Å². The van der Waals surface area contributed by atoms with E-state index < -0.39 is 10.0 Å². The number of hydrogen-bond donors (Lipinski definition) is 1. The number of hydrogen-bond acceptors (Lipinski definition) is 5. The standard InChI is InChI=1S/C12H22N4O3S/c1-15-9-12(14-10-15)20(17,18)16-6-3-11(4-7-16)19-8-2-5-13/h9-11H,2-8,13H2,1H3. The molecule has 0 aliphatic carbocycles. The molecule has 1 fully saturated rings. The molecule has 0 amide bonds. The number of piperidine rings is 1. The van der Waals surface area contributed by atoms with Gasteiger partial charge in [0.1, 0.15) is 0 Å². The van der Waals surface area contributed by atoms with E-state index in [9.17, 15) is 8.42 Å². The van der Waals surface area contributed by atoms with E-state index in [0.717, 1.165) is 19.3 Å². The minimum absolute atomic E-state index is 0.113. The van der Waals surface area contributed by atoms with E-state index in [2.05, 4.69) is 4.98 Å². The van der Waals surface area contributed by atoms with Crippen LogP contribution in [-0.4, -0.2) is 54.6 Å². The molecule has 0 unspecified atom stereocenters. The zero-order valence-corrected chi connectivity index (χ0v) is 12.6. The Hall–Kier alpha value is -0.960. The van der Waals surface area contributed by atoms with Crippen molar-refractivity contribution < 1.29 is 13.2 Å². The van der Waals surface area contributed by atoms with Gasteiger partial charge in [-0.2, -0.15) is 4.31 Å². The first-order valence-corrected chi connectivity index (χ1v) is 8.28. The number of rotatable bonds is 6. The second kappa shape index (κ2) is 6.66. The summed E-state index contributed by atoms with van der Waals surface area (Å²) in [5, 5.41) is 0.113. The lowest BCUT2D eigenvalue weighted by Gasteiger charge is -2.30. The molecular formula is C12H22N4O3S. The normalized spacial score (nSPS) is 18.5. The minimum atomic E-state index is -3.46. The SMILES string of the molecule is Cn1cnc(S(=O)(=O)N2CCC(OCCCN)CC2)c1. The summed E-state index contributed by atoms with van der Waals surface area (Å²) in [6, 6.07) is 0. The van der Waals surface area contributed by atoms with Crippen LogP contribution in [0.15, 0.2) is 17.6 Å². The lowest BCUT2D eigenvalue weighted by Crippen LogP contribution is -2.41. The number of imidazole rings is 1. The van der Waals surface area contributed by atoms with Gasteiger partial charge >= 0.3 is 0 Å². The highest BCUT2D eigenvalue weighted by molar-refractivity contribution is 7.89. The topological polar surface area (TPSA) is 90.5 Å². The molecule has 8 heteroatoms. The van der Waals surface area contributed by atoms with Crippen molar-refractivity contribution in [3.63, 3.8) is 0 Å². The van der Waals surface area contributed by atoms with Gasteiger partial charge in [-0.05, 0) is 25.8 Å². The van der Waals surface area contributed by atoms with Gasteiger partial charge in [0.2, 0.25) is 0 Å². The Labute approximate surface area is 119 Å². The van der Waals surface area contributed by atoms with Gasteiger partial charge in [0.25, 0.3) is 10.0 Å². The van der Waals surface area contributed by atoms with E-state index in [1.54, 1.807) is 11.6 Å². The first-order chi connectivity index (χ1) is 9.54. The maximum Gasteiger partial charge on any atom is 0.262 e. The molecule has 2 rings (SSSR count). The van der Waals surface area contributed by atoms with Gasteiger partial charge in [0.15, 0.2) is 5.03 Å². The Bertz CT molecular complexity index is 521. The Morgan fingerprint density at radius 3 is 2.70 bits per heavy atom. The van der Waals surface area contributed by atoms with Crippen molar-refractivity contribution in [1.82, 2.24) is 13.9 Å². The van der Waals surface area contributed by atoms with Crippen molar-refractivity contribution in [3.05, 3.63) is 12.5 Å². The molecule has 2 heterocycles. The molecule has 0 atom stereocenters. The van der Waals surface area contributed by atoms with Crippen LogP contribution in [0, 0.1) is 0 Å². The molecule has 2 N–H and O–H groups in total. The number of nitrogens with two attached hydrogens (primary N) is 1. The molecule has 0 bridgehead atoms. The van der Waals surface area contributed by atoms with Crippen molar-refractivity contribution in [2.75, 3.05) is 26.2 Å². The maximum atomic E-state index is 12.4. The first kappa shape index (κ1) is 15.4. The van der Waals surface area contributed by atoms with Gasteiger partial charge in [-0.15, -0.1) is 0 Å². The van der Waals surface area contributed by atoms with E-state index in [1.165, 1.54) is 16.8 Å². The van der Waals surface area contributed by atoms with Crippen molar-refractivity contribution in [2.45, 2.75) is 30.4 Å². The fraction of sp³-hybridized carbons (Fsp3) is 0.750. The van der Waals surface area contributed by atoms with Crippen LogP contribution in [0.2, 0.25) is 0 Å². The molecule has 1 saturated heterocycles. The first-order valence-electron chi connectivity index (χ1n) is 6.84. The summed E-state index contributed by atoms with van der Waals surface area (Å²) in [4.78, 5) is 3.93. The zero-order chi connectivity index (χ0) is 14.6. The number of sulfonamides is 1. The fourth-order valence-corrected chi connectivity index (χ4v) is 3.66. The van der Waals surface area contributed by atoms with Crippen LogP contribution in [0.3, 0.4) is 0 Å². The molecule has 20 heavy (non-hydrogen) atoms. The molecule has 0 saturated carbocycles.